The molecule has 120 valence electrons. The van der Waals surface area contributed by atoms with Crippen LogP contribution in [0.5, 0.6) is 0 Å². The van der Waals surface area contributed by atoms with Crippen molar-refractivity contribution in [2.75, 3.05) is 0 Å². The van der Waals surface area contributed by atoms with E-state index in [9.17, 15) is 0 Å². The van der Waals surface area contributed by atoms with Gasteiger partial charge in [0.05, 0.1) is 17.9 Å². The van der Waals surface area contributed by atoms with E-state index in [2.05, 4.69) is 59.6 Å². The number of para-hydroxylation sites is 1. The van der Waals surface area contributed by atoms with Gasteiger partial charge in [0, 0.05) is 18.8 Å². The van der Waals surface area contributed by atoms with E-state index in [-0.39, 0.29) is 12.1 Å². The zero-order valence-corrected chi connectivity index (χ0v) is 13.7. The fraction of sp³-hybridized carbons (Fsp3) is 0.353. The van der Waals surface area contributed by atoms with Gasteiger partial charge >= 0.3 is 0 Å². The molecule has 0 bridgehead atoms. The minimum Gasteiger partial charge on any atom is -0.308 e. The topological polar surface area (TPSA) is 60.6 Å². The van der Waals surface area contributed by atoms with Crippen LogP contribution in [0.4, 0.5) is 0 Å². The van der Waals surface area contributed by atoms with Gasteiger partial charge < -0.3 is 5.32 Å². The Morgan fingerprint density at radius 2 is 2.00 bits per heavy atom. The maximum atomic E-state index is 4.40. The lowest BCUT2D eigenvalue weighted by Crippen LogP contribution is -2.33. The summed E-state index contributed by atoms with van der Waals surface area (Å²) in [5.41, 5.74) is 3.42. The summed E-state index contributed by atoms with van der Waals surface area (Å²) in [5, 5.41) is 12.2. The molecule has 2 atom stereocenters. The molecule has 3 rings (SSSR count). The minimum absolute atomic E-state index is 0.280. The third kappa shape index (κ3) is 3.48. The van der Waals surface area contributed by atoms with Crippen molar-refractivity contribution in [3.05, 3.63) is 60.4 Å². The zero-order chi connectivity index (χ0) is 16.2. The third-order valence-electron chi connectivity index (χ3n) is 4.14. The summed E-state index contributed by atoms with van der Waals surface area (Å²) in [6.45, 7) is 7.18. The fourth-order valence-electron chi connectivity index (χ4n) is 2.54. The smallest absolute Gasteiger partial charge is 0.138 e. The van der Waals surface area contributed by atoms with Crippen LogP contribution in [-0.4, -0.2) is 30.6 Å². The zero-order valence-electron chi connectivity index (χ0n) is 13.7. The van der Waals surface area contributed by atoms with Gasteiger partial charge in [0.1, 0.15) is 12.7 Å². The van der Waals surface area contributed by atoms with E-state index in [0.717, 1.165) is 12.2 Å². The molecule has 1 N–H and O–H groups in total. The van der Waals surface area contributed by atoms with E-state index in [1.807, 2.05) is 23.0 Å². The first-order chi connectivity index (χ1) is 11.1. The lowest BCUT2D eigenvalue weighted by molar-refractivity contribution is 0.364. The van der Waals surface area contributed by atoms with Crippen molar-refractivity contribution in [3.8, 4) is 5.69 Å². The van der Waals surface area contributed by atoms with Crippen LogP contribution in [0, 0.1) is 6.92 Å². The van der Waals surface area contributed by atoms with Crippen LogP contribution in [0.3, 0.4) is 0 Å². The molecular formula is C17H22N6. The number of rotatable bonds is 6. The summed E-state index contributed by atoms with van der Waals surface area (Å²) >= 11 is 0. The molecular weight excluding hydrogens is 288 g/mol. The number of benzene rings is 1. The Hall–Kier alpha value is -2.47. The first-order valence-corrected chi connectivity index (χ1v) is 7.82. The molecule has 6 nitrogen and oxygen atoms in total. The molecule has 1 aromatic carbocycles. The maximum absolute atomic E-state index is 4.40. The molecule has 0 fully saturated rings. The predicted molar refractivity (Wildman–Crippen MR) is 89.3 cm³/mol. The molecule has 2 aromatic heterocycles. The first-order valence-electron chi connectivity index (χ1n) is 7.82. The van der Waals surface area contributed by atoms with Gasteiger partial charge in [-0.15, -0.1) is 0 Å². The highest BCUT2D eigenvalue weighted by molar-refractivity contribution is 5.39. The molecule has 0 saturated heterocycles. The van der Waals surface area contributed by atoms with Crippen molar-refractivity contribution in [2.24, 2.45) is 0 Å². The summed E-state index contributed by atoms with van der Waals surface area (Å²) in [6.07, 6.45) is 7.24. The van der Waals surface area contributed by atoms with Crippen LogP contribution in [0.1, 0.15) is 31.0 Å². The molecule has 0 spiro atoms. The summed E-state index contributed by atoms with van der Waals surface area (Å²) in [6, 6.07) is 8.79. The van der Waals surface area contributed by atoms with E-state index >= 15 is 0 Å². The Kier molecular flexibility index (Phi) is 4.52. The van der Waals surface area contributed by atoms with E-state index in [4.69, 9.17) is 0 Å². The van der Waals surface area contributed by atoms with Gasteiger partial charge in [0.25, 0.3) is 0 Å². The van der Waals surface area contributed by atoms with Crippen LogP contribution >= 0.6 is 0 Å². The van der Waals surface area contributed by atoms with Gasteiger partial charge in [-0.05, 0) is 38.0 Å². The molecule has 0 aliphatic carbocycles. The van der Waals surface area contributed by atoms with Crippen molar-refractivity contribution in [2.45, 2.75) is 39.4 Å². The maximum Gasteiger partial charge on any atom is 0.138 e. The lowest BCUT2D eigenvalue weighted by Gasteiger charge is -2.22. The highest BCUT2D eigenvalue weighted by Crippen LogP contribution is 2.15. The van der Waals surface area contributed by atoms with Gasteiger partial charge in [-0.25, -0.2) is 9.67 Å². The minimum atomic E-state index is 0.280. The molecule has 0 aliphatic heterocycles. The SMILES string of the molecule is Cc1cnn([C@@H](C)[C@@H](C)NCc2ccccc2-n2cncn2)c1. The van der Waals surface area contributed by atoms with Crippen molar-refractivity contribution >= 4 is 0 Å². The number of aryl methyl sites for hydroxylation is 1. The van der Waals surface area contributed by atoms with Crippen LogP contribution in [-0.2, 0) is 6.54 Å². The second kappa shape index (κ2) is 6.75. The van der Waals surface area contributed by atoms with E-state index in [1.165, 1.54) is 11.1 Å². The van der Waals surface area contributed by atoms with Gasteiger partial charge in [-0.3, -0.25) is 4.68 Å². The average molecular weight is 310 g/mol. The monoisotopic (exact) mass is 310 g/mol. The average Bonchev–Trinajstić information content (AvgIpc) is 3.23. The summed E-state index contributed by atoms with van der Waals surface area (Å²) < 4.78 is 3.80. The standard InChI is InChI=1S/C17H22N6/c1-13-8-20-22(10-13)15(3)14(2)19-9-16-6-4-5-7-17(16)23-12-18-11-21-23/h4-8,10-12,14-15,19H,9H2,1-3H3/t14-,15+/m1/s1. The lowest BCUT2D eigenvalue weighted by atomic mass is 10.1. The summed E-state index contributed by atoms with van der Waals surface area (Å²) in [5.74, 6) is 0. The molecule has 0 unspecified atom stereocenters. The molecule has 0 saturated carbocycles. The quantitative estimate of drug-likeness (QED) is 0.760. The van der Waals surface area contributed by atoms with Gasteiger partial charge in [-0.1, -0.05) is 18.2 Å². The van der Waals surface area contributed by atoms with Gasteiger partial charge in [-0.2, -0.15) is 10.2 Å². The Bertz CT molecular complexity index is 746. The Morgan fingerprint density at radius 1 is 1.17 bits per heavy atom. The second-order valence-electron chi connectivity index (χ2n) is 5.88. The summed E-state index contributed by atoms with van der Waals surface area (Å²) in [4.78, 5) is 4.02. The largest absolute Gasteiger partial charge is 0.308 e. The fourth-order valence-corrected chi connectivity index (χ4v) is 2.54. The van der Waals surface area contributed by atoms with Crippen LogP contribution < -0.4 is 5.32 Å². The number of aromatic nitrogens is 5. The van der Waals surface area contributed by atoms with Crippen molar-refractivity contribution < 1.29 is 0 Å². The molecule has 3 aromatic rings. The summed E-state index contributed by atoms with van der Waals surface area (Å²) in [7, 11) is 0. The molecule has 23 heavy (non-hydrogen) atoms. The van der Waals surface area contributed by atoms with Crippen LogP contribution in [0.2, 0.25) is 0 Å². The Balaban J connectivity index is 1.69. The molecule has 0 radical (unpaired) electrons. The highest BCUT2D eigenvalue weighted by atomic mass is 15.3. The number of hydrogen-bond acceptors (Lipinski definition) is 4. The predicted octanol–water partition coefficient (Wildman–Crippen LogP) is 2.51. The van der Waals surface area contributed by atoms with Crippen molar-refractivity contribution in [1.29, 1.82) is 0 Å². The normalized spacial score (nSPS) is 13.9. The van der Waals surface area contributed by atoms with Crippen molar-refractivity contribution in [1.82, 2.24) is 29.9 Å². The molecule has 0 aliphatic rings. The van der Waals surface area contributed by atoms with Gasteiger partial charge in [0.15, 0.2) is 0 Å². The third-order valence-corrected chi connectivity index (χ3v) is 4.14. The molecule has 0 amide bonds. The van der Waals surface area contributed by atoms with E-state index in [0.29, 0.717) is 0 Å². The van der Waals surface area contributed by atoms with Crippen LogP contribution in [0.25, 0.3) is 5.69 Å². The number of nitrogens with one attached hydrogen (secondary N) is 1. The highest BCUT2D eigenvalue weighted by Gasteiger charge is 2.15. The van der Waals surface area contributed by atoms with E-state index < -0.39 is 0 Å². The Labute approximate surface area is 136 Å². The second-order valence-corrected chi connectivity index (χ2v) is 5.88. The van der Waals surface area contributed by atoms with Crippen molar-refractivity contribution in [3.63, 3.8) is 0 Å². The first kappa shape index (κ1) is 15.4. The number of hydrogen-bond donors (Lipinski definition) is 1. The van der Waals surface area contributed by atoms with Crippen LogP contribution in [0.15, 0.2) is 49.3 Å². The molecule has 2 heterocycles. The van der Waals surface area contributed by atoms with E-state index in [1.54, 1.807) is 17.3 Å². The Morgan fingerprint density at radius 3 is 2.70 bits per heavy atom. The molecule has 6 heteroatoms. The van der Waals surface area contributed by atoms with Gasteiger partial charge in [0.2, 0.25) is 0 Å². The number of nitrogens with zero attached hydrogens (tertiary/aromatic N) is 5.